The van der Waals surface area contributed by atoms with Crippen molar-refractivity contribution in [3.05, 3.63) is 33.9 Å². The van der Waals surface area contributed by atoms with Gasteiger partial charge in [0, 0.05) is 18.3 Å². The summed E-state index contributed by atoms with van der Waals surface area (Å²) in [5.41, 5.74) is -2.16. The number of esters is 1. The summed E-state index contributed by atoms with van der Waals surface area (Å²) in [7, 11) is 0. The Hall–Kier alpha value is -1.79. The van der Waals surface area contributed by atoms with E-state index in [1.54, 1.807) is 0 Å². The smallest absolute Gasteiger partial charge is 0.302 e. The van der Waals surface area contributed by atoms with Crippen LogP contribution in [0.3, 0.4) is 0 Å². The standard InChI is InChI=1S/C10H11F2NO4/c1-7(14)17-6-5-10(13(15)16)4-2-3-8(11)9(10)12/h2-3H,4-6H2,1H3. The number of halogens is 2. The second-order valence-electron chi connectivity index (χ2n) is 3.65. The van der Waals surface area contributed by atoms with Crippen molar-refractivity contribution < 1.29 is 23.2 Å². The van der Waals surface area contributed by atoms with Gasteiger partial charge < -0.3 is 4.74 Å². The average Bonchev–Trinajstić information content (AvgIpc) is 2.23. The topological polar surface area (TPSA) is 69.4 Å². The Morgan fingerprint density at radius 2 is 2.29 bits per heavy atom. The molecule has 0 aromatic rings. The highest BCUT2D eigenvalue weighted by molar-refractivity contribution is 5.65. The second kappa shape index (κ2) is 5.03. The molecule has 1 aliphatic carbocycles. The van der Waals surface area contributed by atoms with Gasteiger partial charge in [0.25, 0.3) is 5.54 Å². The molecule has 0 bridgehead atoms. The van der Waals surface area contributed by atoms with E-state index in [1.807, 2.05) is 0 Å². The number of carbonyl (C=O) groups is 1. The van der Waals surface area contributed by atoms with Gasteiger partial charge in [-0.2, -0.15) is 0 Å². The van der Waals surface area contributed by atoms with Crippen LogP contribution in [0.25, 0.3) is 0 Å². The van der Waals surface area contributed by atoms with Crippen molar-refractivity contribution in [2.45, 2.75) is 25.3 Å². The van der Waals surface area contributed by atoms with E-state index < -0.39 is 34.5 Å². The maximum absolute atomic E-state index is 13.5. The van der Waals surface area contributed by atoms with Crippen molar-refractivity contribution in [3.8, 4) is 0 Å². The molecule has 1 atom stereocenters. The molecule has 0 aliphatic heterocycles. The first-order chi connectivity index (χ1) is 7.90. The molecule has 1 unspecified atom stereocenters. The maximum atomic E-state index is 13.5. The van der Waals surface area contributed by atoms with E-state index >= 15 is 0 Å². The van der Waals surface area contributed by atoms with Crippen LogP contribution in [0.4, 0.5) is 8.78 Å². The number of nitro groups is 1. The molecule has 0 aromatic heterocycles. The number of hydrogen-bond donors (Lipinski definition) is 0. The van der Waals surface area contributed by atoms with Crippen LogP contribution in [-0.4, -0.2) is 23.0 Å². The minimum Gasteiger partial charge on any atom is -0.466 e. The van der Waals surface area contributed by atoms with Crippen molar-refractivity contribution in [2.24, 2.45) is 0 Å². The lowest BCUT2D eigenvalue weighted by atomic mass is 9.87. The van der Waals surface area contributed by atoms with Crippen molar-refractivity contribution in [3.63, 3.8) is 0 Å². The summed E-state index contributed by atoms with van der Waals surface area (Å²) in [6, 6.07) is 0. The molecule has 5 nitrogen and oxygen atoms in total. The second-order valence-corrected chi connectivity index (χ2v) is 3.65. The lowest BCUT2D eigenvalue weighted by Crippen LogP contribution is -2.41. The van der Waals surface area contributed by atoms with Crippen molar-refractivity contribution in [2.75, 3.05) is 6.61 Å². The summed E-state index contributed by atoms with van der Waals surface area (Å²) >= 11 is 0. The van der Waals surface area contributed by atoms with Crippen LogP contribution in [-0.2, 0) is 9.53 Å². The largest absolute Gasteiger partial charge is 0.466 e. The summed E-state index contributed by atoms with van der Waals surface area (Å²) in [5.74, 6) is -3.30. The zero-order chi connectivity index (χ0) is 13.1. The Bertz CT molecular complexity index is 405. The van der Waals surface area contributed by atoms with E-state index in [0.717, 1.165) is 13.0 Å². The van der Waals surface area contributed by atoms with E-state index in [-0.39, 0.29) is 13.0 Å². The molecule has 0 heterocycles. The first-order valence-electron chi connectivity index (χ1n) is 4.90. The van der Waals surface area contributed by atoms with Crippen LogP contribution in [0, 0.1) is 10.1 Å². The predicted octanol–water partition coefficient (Wildman–Crippen LogP) is 2.07. The molecule has 0 N–H and O–H groups in total. The summed E-state index contributed by atoms with van der Waals surface area (Å²) in [6.07, 6.45) is 1.38. The Morgan fingerprint density at radius 1 is 1.65 bits per heavy atom. The number of allylic oxidation sites excluding steroid dienone is 2. The number of hydrogen-bond acceptors (Lipinski definition) is 4. The molecular weight excluding hydrogens is 236 g/mol. The first kappa shape index (κ1) is 13.3. The van der Waals surface area contributed by atoms with Crippen molar-refractivity contribution in [1.29, 1.82) is 0 Å². The molecular formula is C10H11F2NO4. The maximum Gasteiger partial charge on any atom is 0.302 e. The van der Waals surface area contributed by atoms with Gasteiger partial charge in [0.2, 0.25) is 5.83 Å². The van der Waals surface area contributed by atoms with Crippen LogP contribution < -0.4 is 0 Å². The van der Waals surface area contributed by atoms with Gasteiger partial charge in [0.05, 0.1) is 13.0 Å². The van der Waals surface area contributed by atoms with Crippen LogP contribution in [0.5, 0.6) is 0 Å². The van der Waals surface area contributed by atoms with E-state index in [0.29, 0.717) is 0 Å². The van der Waals surface area contributed by atoms with Gasteiger partial charge in [-0.3, -0.25) is 14.9 Å². The third-order valence-electron chi connectivity index (χ3n) is 2.51. The number of rotatable bonds is 4. The summed E-state index contributed by atoms with van der Waals surface area (Å²) in [5, 5.41) is 10.9. The van der Waals surface area contributed by atoms with Crippen LogP contribution in [0.1, 0.15) is 19.8 Å². The van der Waals surface area contributed by atoms with E-state index in [2.05, 4.69) is 4.74 Å². The number of nitrogens with zero attached hydrogens (tertiary/aromatic N) is 1. The summed E-state index contributed by atoms with van der Waals surface area (Å²) in [4.78, 5) is 20.5. The van der Waals surface area contributed by atoms with Gasteiger partial charge in [-0.1, -0.05) is 6.08 Å². The van der Waals surface area contributed by atoms with E-state index in [4.69, 9.17) is 0 Å². The van der Waals surface area contributed by atoms with Crippen LogP contribution in [0.2, 0.25) is 0 Å². The highest BCUT2D eigenvalue weighted by Crippen LogP contribution is 2.36. The molecule has 0 amide bonds. The molecule has 1 aliphatic rings. The third-order valence-corrected chi connectivity index (χ3v) is 2.51. The zero-order valence-electron chi connectivity index (χ0n) is 9.11. The number of ether oxygens (including phenoxy) is 1. The fourth-order valence-electron chi connectivity index (χ4n) is 1.56. The molecule has 1 rings (SSSR count). The highest BCUT2D eigenvalue weighted by Gasteiger charge is 2.50. The molecule has 7 heteroatoms. The van der Waals surface area contributed by atoms with Crippen LogP contribution >= 0.6 is 0 Å². The SMILES string of the molecule is CC(=O)OCCC1([N+](=O)[O-])CC=CC(F)=C1F. The molecule has 17 heavy (non-hydrogen) atoms. The average molecular weight is 247 g/mol. The normalized spacial score (nSPS) is 23.7. The monoisotopic (exact) mass is 247 g/mol. The molecule has 0 radical (unpaired) electrons. The fraction of sp³-hybridized carbons (Fsp3) is 0.500. The molecule has 0 saturated heterocycles. The summed E-state index contributed by atoms with van der Waals surface area (Å²) < 4.78 is 31.1. The Balaban J connectivity index is 2.88. The molecule has 0 spiro atoms. The van der Waals surface area contributed by atoms with E-state index in [1.165, 1.54) is 6.08 Å². The molecule has 94 valence electrons. The minimum absolute atomic E-state index is 0.263. The number of carbonyl (C=O) groups excluding carboxylic acids is 1. The van der Waals surface area contributed by atoms with Gasteiger partial charge in [0.1, 0.15) is 0 Å². The van der Waals surface area contributed by atoms with Gasteiger partial charge in [0.15, 0.2) is 5.83 Å². The lowest BCUT2D eigenvalue weighted by Gasteiger charge is -2.24. The van der Waals surface area contributed by atoms with Crippen molar-refractivity contribution in [1.82, 2.24) is 0 Å². The van der Waals surface area contributed by atoms with Crippen LogP contribution in [0.15, 0.2) is 23.8 Å². The van der Waals surface area contributed by atoms with Gasteiger partial charge >= 0.3 is 5.97 Å². The fourth-order valence-corrected chi connectivity index (χ4v) is 1.56. The lowest BCUT2D eigenvalue weighted by molar-refractivity contribution is -0.562. The molecule has 0 fully saturated rings. The van der Waals surface area contributed by atoms with E-state index in [9.17, 15) is 23.7 Å². The highest BCUT2D eigenvalue weighted by atomic mass is 19.2. The Kier molecular flexibility index (Phi) is 3.93. The Labute approximate surface area is 95.9 Å². The third kappa shape index (κ3) is 2.66. The molecule has 0 saturated carbocycles. The van der Waals surface area contributed by atoms with Gasteiger partial charge in [-0.15, -0.1) is 0 Å². The zero-order valence-corrected chi connectivity index (χ0v) is 9.11. The van der Waals surface area contributed by atoms with Crippen molar-refractivity contribution >= 4 is 5.97 Å². The quantitative estimate of drug-likeness (QED) is 0.433. The van der Waals surface area contributed by atoms with Gasteiger partial charge in [-0.05, 0) is 6.08 Å². The Morgan fingerprint density at radius 3 is 2.82 bits per heavy atom. The predicted molar refractivity (Wildman–Crippen MR) is 54.0 cm³/mol. The first-order valence-corrected chi connectivity index (χ1v) is 4.90. The molecule has 0 aromatic carbocycles. The summed E-state index contributed by atoms with van der Waals surface area (Å²) in [6.45, 7) is 0.803. The van der Waals surface area contributed by atoms with Gasteiger partial charge in [-0.25, -0.2) is 8.78 Å². The minimum atomic E-state index is -2.16.